The molecule has 0 saturated carbocycles. The lowest BCUT2D eigenvalue weighted by molar-refractivity contribution is -0.120. The van der Waals surface area contributed by atoms with Crippen molar-refractivity contribution in [2.24, 2.45) is 5.10 Å². The van der Waals surface area contributed by atoms with E-state index in [0.717, 1.165) is 5.69 Å². The Balaban J connectivity index is 2.23. The second kappa shape index (κ2) is 6.21. The highest BCUT2D eigenvalue weighted by molar-refractivity contribution is 6.10. The number of hydrogen-bond donors (Lipinski definition) is 2. The highest BCUT2D eigenvalue weighted by Crippen LogP contribution is 2.25. The highest BCUT2D eigenvalue weighted by atomic mass is 16.2. The molecule has 1 aromatic rings. The zero-order valence-electron chi connectivity index (χ0n) is 10.6. The van der Waals surface area contributed by atoms with Gasteiger partial charge in [-0.3, -0.25) is 10.2 Å². The monoisotopic (exact) mass is 268 g/mol. The van der Waals surface area contributed by atoms with E-state index in [1.165, 1.54) is 0 Å². The van der Waals surface area contributed by atoms with Gasteiger partial charge in [0.05, 0.1) is 17.9 Å². The summed E-state index contributed by atoms with van der Waals surface area (Å²) in [4.78, 5) is 13.3. The Morgan fingerprint density at radius 1 is 1.35 bits per heavy atom. The number of hydrazone groups is 1. The minimum absolute atomic E-state index is 0.0377. The third-order valence-corrected chi connectivity index (χ3v) is 2.78. The summed E-state index contributed by atoms with van der Waals surface area (Å²) < 4.78 is 0. The van der Waals surface area contributed by atoms with Gasteiger partial charge < -0.3 is 10.2 Å². The van der Waals surface area contributed by atoms with Crippen LogP contribution in [-0.2, 0) is 4.79 Å². The van der Waals surface area contributed by atoms with Gasteiger partial charge >= 0.3 is 0 Å². The van der Waals surface area contributed by atoms with Crippen molar-refractivity contribution in [2.45, 2.75) is 0 Å². The first kappa shape index (κ1) is 13.4. The number of nitriles is 2. The molecule has 1 heterocycles. The SMILES string of the molecule is N#CC(C#N)=NNc1ccccc1N1CCNC(=O)C1. The van der Waals surface area contributed by atoms with Crippen LogP contribution >= 0.6 is 0 Å². The number of anilines is 2. The normalized spacial score (nSPS) is 13.7. The standard InChI is InChI=1S/C13H12N6O/c14-7-10(8-15)17-18-11-3-1-2-4-12(11)19-6-5-16-13(20)9-19/h1-4,18H,5-6,9H2,(H,16,20). The zero-order valence-corrected chi connectivity index (χ0v) is 10.6. The maximum atomic E-state index is 11.4. The Hall–Kier alpha value is -3.06. The van der Waals surface area contributed by atoms with Crippen LogP contribution < -0.4 is 15.6 Å². The Morgan fingerprint density at radius 2 is 2.10 bits per heavy atom. The zero-order chi connectivity index (χ0) is 14.4. The number of nitrogens with zero attached hydrogens (tertiary/aromatic N) is 4. The first-order chi connectivity index (χ1) is 9.74. The van der Waals surface area contributed by atoms with Gasteiger partial charge in [-0.05, 0) is 12.1 Å². The minimum atomic E-state index is -0.254. The summed E-state index contributed by atoms with van der Waals surface area (Å²) in [5.74, 6) is -0.0377. The van der Waals surface area contributed by atoms with Crippen LogP contribution in [0.15, 0.2) is 29.4 Å². The summed E-state index contributed by atoms with van der Waals surface area (Å²) in [7, 11) is 0. The van der Waals surface area contributed by atoms with Crippen molar-refractivity contribution < 1.29 is 4.79 Å². The van der Waals surface area contributed by atoms with Crippen LogP contribution in [0.5, 0.6) is 0 Å². The molecule has 1 aliphatic heterocycles. The number of nitrogens with one attached hydrogen (secondary N) is 2. The second-order valence-corrected chi connectivity index (χ2v) is 4.08. The quantitative estimate of drug-likeness (QED) is 0.611. The average molecular weight is 268 g/mol. The predicted molar refractivity (Wildman–Crippen MR) is 73.9 cm³/mol. The van der Waals surface area contributed by atoms with Gasteiger partial charge in [0.2, 0.25) is 11.6 Å². The van der Waals surface area contributed by atoms with Gasteiger partial charge in [-0.15, -0.1) is 0 Å². The van der Waals surface area contributed by atoms with E-state index in [2.05, 4.69) is 15.8 Å². The number of piperazine rings is 1. The summed E-state index contributed by atoms with van der Waals surface area (Å²) in [5, 5.41) is 23.8. The lowest BCUT2D eigenvalue weighted by atomic mass is 10.2. The summed E-state index contributed by atoms with van der Waals surface area (Å²) in [6.45, 7) is 1.54. The van der Waals surface area contributed by atoms with Crippen LogP contribution in [0.4, 0.5) is 11.4 Å². The van der Waals surface area contributed by atoms with Crippen molar-refractivity contribution in [3.05, 3.63) is 24.3 Å². The van der Waals surface area contributed by atoms with Gasteiger partial charge in [-0.25, -0.2) is 0 Å². The molecule has 2 N–H and O–H groups in total. The molecular formula is C13H12N6O. The fourth-order valence-corrected chi connectivity index (χ4v) is 1.88. The number of rotatable bonds is 3. The van der Waals surface area contributed by atoms with Crippen molar-refractivity contribution in [3.63, 3.8) is 0 Å². The van der Waals surface area contributed by atoms with E-state index < -0.39 is 0 Å². The van der Waals surface area contributed by atoms with Crippen LogP contribution in [0.1, 0.15) is 0 Å². The molecule has 1 fully saturated rings. The summed E-state index contributed by atoms with van der Waals surface area (Å²) >= 11 is 0. The van der Waals surface area contributed by atoms with Crippen LogP contribution in [0.3, 0.4) is 0 Å². The Labute approximate surface area is 116 Å². The first-order valence-electron chi connectivity index (χ1n) is 5.99. The molecule has 0 aromatic heterocycles. The second-order valence-electron chi connectivity index (χ2n) is 4.08. The minimum Gasteiger partial charge on any atom is -0.359 e. The molecule has 0 aliphatic carbocycles. The number of hydrogen-bond acceptors (Lipinski definition) is 6. The molecule has 7 heteroatoms. The van der Waals surface area contributed by atoms with E-state index in [1.807, 2.05) is 23.1 Å². The van der Waals surface area contributed by atoms with Gasteiger partial charge in [0, 0.05) is 13.1 Å². The molecule has 1 amide bonds. The molecule has 20 heavy (non-hydrogen) atoms. The molecule has 0 radical (unpaired) electrons. The molecule has 100 valence electrons. The van der Waals surface area contributed by atoms with Gasteiger partial charge in [0.25, 0.3) is 0 Å². The van der Waals surface area contributed by atoms with E-state index in [1.54, 1.807) is 18.2 Å². The average Bonchev–Trinajstić information content (AvgIpc) is 2.49. The van der Waals surface area contributed by atoms with E-state index in [4.69, 9.17) is 10.5 Å². The summed E-state index contributed by atoms with van der Waals surface area (Å²) in [6.07, 6.45) is 0. The van der Waals surface area contributed by atoms with Crippen molar-refractivity contribution >= 4 is 23.0 Å². The Bertz CT molecular complexity index is 608. The molecule has 2 rings (SSSR count). The number of carbonyl (C=O) groups is 1. The van der Waals surface area contributed by atoms with Crippen molar-refractivity contribution in [1.82, 2.24) is 5.32 Å². The molecule has 0 unspecified atom stereocenters. The molecule has 1 aliphatic rings. The molecule has 1 aromatic carbocycles. The largest absolute Gasteiger partial charge is 0.359 e. The lowest BCUT2D eigenvalue weighted by Gasteiger charge is -2.29. The molecule has 0 spiro atoms. The number of amides is 1. The molecule has 7 nitrogen and oxygen atoms in total. The number of para-hydroxylation sites is 2. The fraction of sp³-hybridized carbons (Fsp3) is 0.231. The third kappa shape index (κ3) is 3.03. The summed E-state index contributed by atoms with van der Waals surface area (Å²) in [6, 6.07) is 10.6. The lowest BCUT2D eigenvalue weighted by Crippen LogP contribution is -2.47. The topological polar surface area (TPSA) is 104 Å². The number of benzene rings is 1. The third-order valence-electron chi connectivity index (χ3n) is 2.78. The Morgan fingerprint density at radius 3 is 2.80 bits per heavy atom. The van der Waals surface area contributed by atoms with E-state index >= 15 is 0 Å². The first-order valence-corrected chi connectivity index (χ1v) is 5.99. The smallest absolute Gasteiger partial charge is 0.239 e. The van der Waals surface area contributed by atoms with Crippen molar-refractivity contribution in [1.29, 1.82) is 10.5 Å². The molecule has 1 saturated heterocycles. The van der Waals surface area contributed by atoms with Gasteiger partial charge in [-0.2, -0.15) is 15.6 Å². The van der Waals surface area contributed by atoms with Crippen molar-refractivity contribution in [3.8, 4) is 12.1 Å². The maximum absolute atomic E-state index is 11.4. The maximum Gasteiger partial charge on any atom is 0.239 e. The number of carbonyl (C=O) groups excluding carboxylic acids is 1. The van der Waals surface area contributed by atoms with Crippen LogP contribution in [0.2, 0.25) is 0 Å². The van der Waals surface area contributed by atoms with Crippen LogP contribution in [0, 0.1) is 22.7 Å². The predicted octanol–water partition coefficient (Wildman–Crippen LogP) is 0.438. The summed E-state index contributed by atoms with van der Waals surface area (Å²) in [5.41, 5.74) is 3.89. The van der Waals surface area contributed by atoms with Crippen LogP contribution in [0.25, 0.3) is 0 Å². The highest BCUT2D eigenvalue weighted by Gasteiger charge is 2.18. The van der Waals surface area contributed by atoms with Gasteiger partial charge in [-0.1, -0.05) is 12.1 Å². The molecule has 0 atom stereocenters. The van der Waals surface area contributed by atoms with E-state index in [-0.39, 0.29) is 18.2 Å². The van der Waals surface area contributed by atoms with Gasteiger partial charge in [0.15, 0.2) is 0 Å². The Kier molecular flexibility index (Phi) is 4.15. The fourth-order valence-electron chi connectivity index (χ4n) is 1.88. The van der Waals surface area contributed by atoms with Crippen molar-refractivity contribution in [2.75, 3.05) is 30.0 Å². The van der Waals surface area contributed by atoms with Gasteiger partial charge in [0.1, 0.15) is 12.1 Å². The van der Waals surface area contributed by atoms with E-state index in [9.17, 15) is 4.79 Å². The molecule has 0 bridgehead atoms. The van der Waals surface area contributed by atoms with Crippen LogP contribution in [-0.4, -0.2) is 31.3 Å². The molecular weight excluding hydrogens is 256 g/mol. The van der Waals surface area contributed by atoms with E-state index in [0.29, 0.717) is 18.8 Å².